The number of hydrogen-bond acceptors (Lipinski definition) is 4. The van der Waals surface area contributed by atoms with E-state index in [0.29, 0.717) is 5.56 Å². The third-order valence-corrected chi connectivity index (χ3v) is 9.73. The molecule has 4 heterocycles. The summed E-state index contributed by atoms with van der Waals surface area (Å²) in [5, 5.41) is 11.8. The van der Waals surface area contributed by atoms with E-state index in [4.69, 9.17) is 9.97 Å². The van der Waals surface area contributed by atoms with Crippen LogP contribution in [0.4, 0.5) is 0 Å². The number of rotatable bonds is 1. The van der Waals surface area contributed by atoms with Gasteiger partial charge in [0.05, 0.1) is 51.4 Å². The van der Waals surface area contributed by atoms with Crippen molar-refractivity contribution >= 4 is 33.6 Å². The summed E-state index contributed by atoms with van der Waals surface area (Å²) >= 11 is 1.83. The fourth-order valence-corrected chi connectivity index (χ4v) is 8.18. The largest absolute Gasteiger partial charge is 0.308 e. The summed E-state index contributed by atoms with van der Waals surface area (Å²) in [5.74, 6) is 0. The number of aromatic nitrogens is 3. The number of benzene rings is 4. The molecule has 0 amide bonds. The zero-order valence-corrected chi connectivity index (χ0v) is 22.6. The van der Waals surface area contributed by atoms with E-state index in [1.165, 1.54) is 26.5 Å². The lowest BCUT2D eigenvalue weighted by molar-refractivity contribution is 0.718. The van der Waals surface area contributed by atoms with Gasteiger partial charge in [-0.25, -0.2) is 0 Å². The van der Waals surface area contributed by atoms with Gasteiger partial charge < -0.3 is 4.57 Å². The highest BCUT2D eigenvalue weighted by atomic mass is 32.2. The Morgan fingerprint density at radius 1 is 0.634 bits per heavy atom. The summed E-state index contributed by atoms with van der Waals surface area (Å²) in [6, 6.07) is 40.7. The summed E-state index contributed by atoms with van der Waals surface area (Å²) < 4.78 is 2.28. The predicted octanol–water partition coefficient (Wildman–Crippen LogP) is 8.27. The molecule has 5 heteroatoms. The lowest BCUT2D eigenvalue weighted by Gasteiger charge is -2.39. The van der Waals surface area contributed by atoms with Crippen molar-refractivity contribution in [1.82, 2.24) is 14.5 Å². The molecule has 0 radical (unpaired) electrons. The van der Waals surface area contributed by atoms with Crippen LogP contribution in [-0.2, 0) is 5.41 Å². The lowest BCUT2D eigenvalue weighted by Crippen LogP contribution is -2.32. The van der Waals surface area contributed by atoms with Gasteiger partial charge in [0, 0.05) is 32.3 Å². The van der Waals surface area contributed by atoms with E-state index >= 15 is 0 Å². The molecule has 4 aromatic carbocycles. The maximum absolute atomic E-state index is 9.61. The molecule has 0 fully saturated rings. The fourth-order valence-electron chi connectivity index (χ4n) is 6.99. The first kappa shape index (κ1) is 22.6. The first-order valence-electron chi connectivity index (χ1n) is 13.6. The van der Waals surface area contributed by atoms with Gasteiger partial charge in [0.1, 0.15) is 0 Å². The Morgan fingerprint density at radius 3 is 2.12 bits per heavy atom. The molecule has 1 aliphatic carbocycles. The van der Waals surface area contributed by atoms with Gasteiger partial charge in [-0.1, -0.05) is 72.4 Å². The second kappa shape index (κ2) is 8.17. The molecule has 0 bridgehead atoms. The summed E-state index contributed by atoms with van der Waals surface area (Å²) in [7, 11) is 0. The second-order valence-electron chi connectivity index (χ2n) is 10.5. The summed E-state index contributed by atoms with van der Waals surface area (Å²) in [6.07, 6.45) is 3.84. The van der Waals surface area contributed by atoms with Crippen LogP contribution >= 0.6 is 11.8 Å². The molecule has 2 aliphatic rings. The molecule has 0 N–H and O–H groups in total. The van der Waals surface area contributed by atoms with Gasteiger partial charge in [-0.05, 0) is 65.2 Å². The smallest absolute Gasteiger partial charge is 0.0991 e. The Balaban J connectivity index is 1.42. The quantitative estimate of drug-likeness (QED) is 0.210. The first-order chi connectivity index (χ1) is 20.3. The van der Waals surface area contributed by atoms with Crippen LogP contribution in [0.15, 0.2) is 131 Å². The number of pyridine rings is 2. The average molecular weight is 541 g/mol. The third kappa shape index (κ3) is 2.84. The molecule has 190 valence electrons. The number of hydrogen-bond donors (Lipinski definition) is 0. The van der Waals surface area contributed by atoms with Gasteiger partial charge in [0.2, 0.25) is 0 Å². The Bertz CT molecular complexity index is 2230. The van der Waals surface area contributed by atoms with Crippen LogP contribution in [0, 0.1) is 11.3 Å². The van der Waals surface area contributed by atoms with Crippen molar-refractivity contribution in [1.29, 1.82) is 5.26 Å². The van der Waals surface area contributed by atoms with Crippen LogP contribution in [0.2, 0.25) is 0 Å². The van der Waals surface area contributed by atoms with Crippen molar-refractivity contribution in [2.75, 3.05) is 0 Å². The van der Waals surface area contributed by atoms with Gasteiger partial charge >= 0.3 is 0 Å². The summed E-state index contributed by atoms with van der Waals surface area (Å²) in [6.45, 7) is 0. The van der Waals surface area contributed by atoms with Crippen LogP contribution < -0.4 is 0 Å². The predicted molar refractivity (Wildman–Crippen MR) is 163 cm³/mol. The van der Waals surface area contributed by atoms with Gasteiger partial charge in [0.15, 0.2) is 0 Å². The molecule has 0 atom stereocenters. The molecular formula is C36H20N4S. The van der Waals surface area contributed by atoms with Gasteiger partial charge in [-0.15, -0.1) is 0 Å². The molecule has 4 nitrogen and oxygen atoms in total. The maximum Gasteiger partial charge on any atom is 0.0991 e. The highest BCUT2D eigenvalue weighted by molar-refractivity contribution is 7.99. The molecule has 3 aromatic heterocycles. The van der Waals surface area contributed by atoms with Crippen molar-refractivity contribution in [3.63, 3.8) is 0 Å². The van der Waals surface area contributed by atoms with Crippen molar-refractivity contribution < 1.29 is 0 Å². The lowest BCUT2D eigenvalue weighted by atomic mass is 9.67. The Labute approximate surface area is 240 Å². The Hall–Kier alpha value is -5.18. The van der Waals surface area contributed by atoms with E-state index in [1.54, 1.807) is 0 Å². The number of nitrogens with zero attached hydrogens (tertiary/aromatic N) is 4. The number of fused-ring (bicyclic) bond motifs is 12. The van der Waals surface area contributed by atoms with E-state index < -0.39 is 5.41 Å². The third-order valence-electron chi connectivity index (χ3n) is 8.58. The van der Waals surface area contributed by atoms with Crippen molar-refractivity contribution in [2.45, 2.75) is 15.2 Å². The molecule has 9 rings (SSSR count). The van der Waals surface area contributed by atoms with Crippen LogP contribution in [0.1, 0.15) is 27.8 Å². The maximum atomic E-state index is 9.61. The second-order valence-corrected chi connectivity index (χ2v) is 11.6. The Morgan fingerprint density at radius 2 is 1.32 bits per heavy atom. The van der Waals surface area contributed by atoms with Gasteiger partial charge in [-0.3, -0.25) is 9.97 Å². The fraction of sp³-hybridized carbons (Fsp3) is 0.0278. The van der Waals surface area contributed by atoms with E-state index in [-0.39, 0.29) is 0 Å². The minimum atomic E-state index is -0.535. The zero-order chi connectivity index (χ0) is 27.1. The van der Waals surface area contributed by atoms with Crippen molar-refractivity contribution in [2.24, 2.45) is 0 Å². The zero-order valence-electron chi connectivity index (χ0n) is 21.7. The molecule has 7 aromatic rings. The molecule has 1 spiro atoms. The van der Waals surface area contributed by atoms with Crippen LogP contribution in [0.25, 0.3) is 38.9 Å². The minimum absolute atomic E-state index is 0.535. The van der Waals surface area contributed by atoms with Gasteiger partial charge in [0.25, 0.3) is 0 Å². The van der Waals surface area contributed by atoms with Gasteiger partial charge in [-0.2, -0.15) is 5.26 Å². The van der Waals surface area contributed by atoms with E-state index in [0.717, 1.165) is 44.4 Å². The van der Waals surface area contributed by atoms with Crippen molar-refractivity contribution in [3.05, 3.63) is 149 Å². The molecular weight excluding hydrogens is 520 g/mol. The first-order valence-corrected chi connectivity index (χ1v) is 14.4. The minimum Gasteiger partial charge on any atom is -0.308 e. The Kier molecular flexibility index (Phi) is 4.51. The van der Waals surface area contributed by atoms with Crippen LogP contribution in [0.5, 0.6) is 0 Å². The molecule has 0 unspecified atom stereocenters. The van der Waals surface area contributed by atoms with E-state index in [1.807, 2.05) is 42.4 Å². The van der Waals surface area contributed by atoms with Crippen molar-refractivity contribution in [3.8, 4) is 23.1 Å². The van der Waals surface area contributed by atoms with E-state index in [2.05, 4.69) is 102 Å². The number of nitriles is 1. The van der Waals surface area contributed by atoms with E-state index in [9.17, 15) is 5.26 Å². The van der Waals surface area contributed by atoms with Crippen LogP contribution in [0.3, 0.4) is 0 Å². The van der Waals surface area contributed by atoms with Crippen LogP contribution in [-0.4, -0.2) is 14.5 Å². The molecule has 1 aliphatic heterocycles. The topological polar surface area (TPSA) is 54.5 Å². The molecule has 41 heavy (non-hydrogen) atoms. The standard InChI is InChI=1S/C36H20N4S/c37-20-22-15-16-31-25(18-22)24-8-1-4-12-30(24)40(31)23-19-29-35(39-21-23)34-28(11-7-17-38-34)36(29)26-9-2-5-13-32(26)41-33-14-6-3-10-27(33)36/h1-19,21H. The average Bonchev–Trinajstić information content (AvgIpc) is 3.51. The highest BCUT2D eigenvalue weighted by Crippen LogP contribution is 2.61. The molecule has 0 saturated heterocycles. The summed E-state index contributed by atoms with van der Waals surface area (Å²) in [4.78, 5) is 12.6. The highest BCUT2D eigenvalue weighted by Gasteiger charge is 2.51. The normalized spacial score (nSPS) is 13.9. The summed E-state index contributed by atoms with van der Waals surface area (Å²) in [5.41, 5.74) is 9.93. The SMILES string of the molecule is N#Cc1ccc2c(c1)c1ccccc1n2-c1cnc2c(c1)C1(c3ccccc3Sc3ccccc31)c1cccnc1-2. The number of para-hydroxylation sites is 1. The molecule has 0 saturated carbocycles. The monoisotopic (exact) mass is 540 g/mol.